The van der Waals surface area contributed by atoms with Crippen molar-refractivity contribution in [2.45, 2.75) is 18.9 Å². The molecule has 5 heteroatoms. The zero-order valence-corrected chi connectivity index (χ0v) is 7.36. The van der Waals surface area contributed by atoms with E-state index in [9.17, 15) is 13.2 Å². The molecule has 0 radical (unpaired) electrons. The van der Waals surface area contributed by atoms with Gasteiger partial charge in [-0.1, -0.05) is 0 Å². The van der Waals surface area contributed by atoms with Crippen LogP contribution in [0.15, 0.2) is 6.07 Å². The van der Waals surface area contributed by atoms with Gasteiger partial charge in [-0.2, -0.15) is 13.8 Å². The fourth-order valence-corrected chi connectivity index (χ4v) is 1.69. The lowest BCUT2D eigenvalue weighted by molar-refractivity contribution is 0.428. The largest absolute Gasteiger partial charge is 0.310 e. The summed E-state index contributed by atoms with van der Waals surface area (Å²) in [6.07, 6.45) is 1.58. The second kappa shape index (κ2) is 3.57. The fourth-order valence-electron chi connectivity index (χ4n) is 1.69. The third-order valence-electron chi connectivity index (χ3n) is 2.35. The Hall–Kier alpha value is -1.10. The maximum absolute atomic E-state index is 13.2. The zero-order valence-electron chi connectivity index (χ0n) is 7.36. The molecule has 0 aliphatic carbocycles. The minimum absolute atomic E-state index is 0.0347. The molecule has 0 unspecified atom stereocenters. The second-order valence-electron chi connectivity index (χ2n) is 3.29. The third-order valence-corrected chi connectivity index (χ3v) is 2.35. The van der Waals surface area contributed by atoms with Gasteiger partial charge in [0, 0.05) is 17.7 Å². The monoisotopic (exact) mass is 202 g/mol. The van der Waals surface area contributed by atoms with Crippen molar-refractivity contribution in [3.05, 3.63) is 29.3 Å². The molecule has 1 fully saturated rings. The van der Waals surface area contributed by atoms with Crippen molar-refractivity contribution in [3.8, 4) is 0 Å². The minimum atomic E-state index is -1.37. The first-order chi connectivity index (χ1) is 6.68. The Kier molecular flexibility index (Phi) is 2.41. The van der Waals surface area contributed by atoms with Crippen LogP contribution in [0.4, 0.5) is 13.2 Å². The van der Waals surface area contributed by atoms with E-state index in [-0.39, 0.29) is 11.6 Å². The molecule has 0 aromatic carbocycles. The van der Waals surface area contributed by atoms with Crippen LogP contribution in [0, 0.1) is 17.7 Å². The average molecular weight is 202 g/mol. The summed E-state index contributed by atoms with van der Waals surface area (Å²) >= 11 is 0. The summed E-state index contributed by atoms with van der Waals surface area (Å²) in [7, 11) is 0. The molecule has 1 aromatic rings. The predicted octanol–water partition coefficient (Wildman–Crippen LogP) is 1.92. The molecule has 76 valence electrons. The molecular weight excluding hydrogens is 193 g/mol. The highest BCUT2D eigenvalue weighted by Gasteiger charge is 2.23. The maximum Gasteiger partial charge on any atom is 0.251 e. The average Bonchev–Trinajstić information content (AvgIpc) is 2.63. The molecule has 1 aliphatic heterocycles. The Morgan fingerprint density at radius 2 is 2.14 bits per heavy atom. The number of hydrogen-bond acceptors (Lipinski definition) is 2. The van der Waals surface area contributed by atoms with E-state index in [0.717, 1.165) is 19.0 Å². The second-order valence-corrected chi connectivity index (χ2v) is 3.29. The lowest BCUT2D eigenvalue weighted by Gasteiger charge is -2.11. The number of halogens is 3. The number of hydrogen-bond donors (Lipinski definition) is 1. The van der Waals surface area contributed by atoms with Crippen LogP contribution in [0.2, 0.25) is 0 Å². The number of nitrogens with zero attached hydrogens (tertiary/aromatic N) is 1. The van der Waals surface area contributed by atoms with Crippen LogP contribution in [0.3, 0.4) is 0 Å². The smallest absolute Gasteiger partial charge is 0.251 e. The number of pyridine rings is 1. The van der Waals surface area contributed by atoms with Crippen LogP contribution in [0.1, 0.15) is 24.4 Å². The molecular formula is C9H9F3N2. The highest BCUT2D eigenvalue weighted by atomic mass is 19.2. The van der Waals surface area contributed by atoms with Gasteiger partial charge in [0.15, 0.2) is 5.82 Å². The maximum atomic E-state index is 13.2. The van der Waals surface area contributed by atoms with Gasteiger partial charge in [0.25, 0.3) is 5.95 Å². The topological polar surface area (TPSA) is 24.9 Å². The Bertz CT molecular complexity index is 348. The molecule has 1 aromatic heterocycles. The third kappa shape index (κ3) is 1.59. The Labute approximate surface area is 79.2 Å². The molecule has 2 nitrogen and oxygen atoms in total. The molecule has 0 saturated carbocycles. The van der Waals surface area contributed by atoms with Gasteiger partial charge in [-0.05, 0) is 19.4 Å². The molecule has 1 atom stereocenters. The van der Waals surface area contributed by atoms with Gasteiger partial charge >= 0.3 is 0 Å². The summed E-state index contributed by atoms with van der Waals surface area (Å²) in [5.74, 6) is -3.40. The van der Waals surface area contributed by atoms with Gasteiger partial charge in [0.2, 0.25) is 5.95 Å². The lowest BCUT2D eigenvalue weighted by Crippen LogP contribution is -2.16. The molecule has 2 heterocycles. The summed E-state index contributed by atoms with van der Waals surface area (Å²) in [5.41, 5.74) is 0.0347. The van der Waals surface area contributed by atoms with E-state index < -0.39 is 17.7 Å². The van der Waals surface area contributed by atoms with Crippen LogP contribution in [-0.2, 0) is 0 Å². The van der Waals surface area contributed by atoms with Crippen LogP contribution in [-0.4, -0.2) is 11.5 Å². The first-order valence-electron chi connectivity index (χ1n) is 4.43. The SMILES string of the molecule is Fc1cc([C@@H]2CCCN2)c(F)c(F)n1. The van der Waals surface area contributed by atoms with Gasteiger partial charge in [-0.3, -0.25) is 0 Å². The van der Waals surface area contributed by atoms with Crippen molar-refractivity contribution in [2.24, 2.45) is 0 Å². The minimum Gasteiger partial charge on any atom is -0.310 e. The van der Waals surface area contributed by atoms with Gasteiger partial charge in [0.1, 0.15) is 0 Å². The molecule has 2 rings (SSSR count). The quantitative estimate of drug-likeness (QED) is 0.704. The van der Waals surface area contributed by atoms with Gasteiger partial charge in [0.05, 0.1) is 0 Å². The van der Waals surface area contributed by atoms with Gasteiger partial charge in [-0.25, -0.2) is 4.39 Å². The first-order valence-corrected chi connectivity index (χ1v) is 4.43. The predicted molar refractivity (Wildman–Crippen MR) is 44.1 cm³/mol. The normalized spacial score (nSPS) is 21.5. The Morgan fingerprint density at radius 3 is 2.79 bits per heavy atom. The van der Waals surface area contributed by atoms with E-state index in [0.29, 0.717) is 6.42 Å². The van der Waals surface area contributed by atoms with E-state index in [4.69, 9.17) is 0 Å². The molecule has 1 aliphatic rings. The van der Waals surface area contributed by atoms with Gasteiger partial charge in [-0.15, -0.1) is 0 Å². The van der Waals surface area contributed by atoms with E-state index in [1.54, 1.807) is 0 Å². The molecule has 0 amide bonds. The zero-order chi connectivity index (χ0) is 10.1. The highest BCUT2D eigenvalue weighted by Crippen LogP contribution is 2.26. The summed E-state index contributed by atoms with van der Waals surface area (Å²) < 4.78 is 38.6. The summed E-state index contributed by atoms with van der Waals surface area (Å²) in [6, 6.07) is 0.656. The van der Waals surface area contributed by atoms with Crippen molar-refractivity contribution < 1.29 is 13.2 Å². The molecule has 0 bridgehead atoms. The molecule has 1 N–H and O–H groups in total. The van der Waals surface area contributed by atoms with Crippen molar-refractivity contribution in [3.63, 3.8) is 0 Å². The van der Waals surface area contributed by atoms with Gasteiger partial charge < -0.3 is 5.32 Å². The van der Waals surface area contributed by atoms with E-state index in [2.05, 4.69) is 10.3 Å². The number of rotatable bonds is 1. The highest BCUT2D eigenvalue weighted by molar-refractivity contribution is 5.20. The van der Waals surface area contributed by atoms with E-state index in [1.165, 1.54) is 0 Å². The Morgan fingerprint density at radius 1 is 1.36 bits per heavy atom. The molecule has 1 saturated heterocycles. The van der Waals surface area contributed by atoms with E-state index in [1.807, 2.05) is 0 Å². The molecule has 0 spiro atoms. The Balaban J connectivity index is 2.40. The lowest BCUT2D eigenvalue weighted by atomic mass is 10.1. The summed E-state index contributed by atoms with van der Waals surface area (Å²) in [4.78, 5) is 2.77. The van der Waals surface area contributed by atoms with Crippen LogP contribution in [0.25, 0.3) is 0 Å². The van der Waals surface area contributed by atoms with Crippen molar-refractivity contribution in [1.82, 2.24) is 10.3 Å². The van der Waals surface area contributed by atoms with Crippen LogP contribution < -0.4 is 5.32 Å². The number of nitrogens with one attached hydrogen (secondary N) is 1. The summed E-state index contributed by atoms with van der Waals surface area (Å²) in [6.45, 7) is 0.746. The van der Waals surface area contributed by atoms with E-state index >= 15 is 0 Å². The van der Waals surface area contributed by atoms with Crippen molar-refractivity contribution in [1.29, 1.82) is 0 Å². The fraction of sp³-hybridized carbons (Fsp3) is 0.444. The van der Waals surface area contributed by atoms with Crippen LogP contribution >= 0.6 is 0 Å². The standard InChI is InChI=1S/C9H9F3N2/c10-7-4-5(6-2-1-3-13-6)8(11)9(12)14-7/h4,6,13H,1-3H2/t6-/m0/s1. The number of aromatic nitrogens is 1. The van der Waals surface area contributed by atoms with Crippen molar-refractivity contribution in [2.75, 3.05) is 6.54 Å². The summed E-state index contributed by atoms with van der Waals surface area (Å²) in [5, 5.41) is 2.97. The van der Waals surface area contributed by atoms with Crippen LogP contribution in [0.5, 0.6) is 0 Å². The first kappa shape index (κ1) is 9.45. The van der Waals surface area contributed by atoms with Crippen molar-refractivity contribution >= 4 is 0 Å². The molecule has 14 heavy (non-hydrogen) atoms.